The minimum atomic E-state index is -1.18. The molecule has 15 heavy (non-hydrogen) atoms. The molecule has 0 aliphatic heterocycles. The van der Waals surface area contributed by atoms with Crippen molar-refractivity contribution in [2.24, 2.45) is 0 Å². The van der Waals surface area contributed by atoms with Gasteiger partial charge < -0.3 is 0 Å². The molecule has 0 heterocycles. The van der Waals surface area contributed by atoms with E-state index in [1.165, 1.54) is 17.7 Å². The normalized spacial score (nSPS) is 16.8. The maximum absolute atomic E-state index is 5.63. The van der Waals surface area contributed by atoms with Gasteiger partial charge >= 0.3 is 110 Å². The third kappa shape index (κ3) is 12.5. The summed E-state index contributed by atoms with van der Waals surface area (Å²) in [6.45, 7) is 13.0. The molecule has 0 rings (SSSR count). The Morgan fingerprint density at radius 3 is 2.00 bits per heavy atom. The summed E-state index contributed by atoms with van der Waals surface area (Å²) >= 11 is 10.4. The predicted molar refractivity (Wildman–Crippen MR) is 95.6 cm³/mol. The zero-order chi connectivity index (χ0) is 12.3. The molecule has 0 bridgehead atoms. The van der Waals surface area contributed by atoms with Gasteiger partial charge in [0.05, 0.1) is 0 Å². The van der Waals surface area contributed by atoms with Crippen LogP contribution in [-0.4, -0.2) is 57.7 Å². The number of rotatable bonds is 6. The van der Waals surface area contributed by atoms with E-state index < -0.39 is 12.5 Å². The van der Waals surface area contributed by atoms with Crippen LogP contribution >= 0.6 is 40.6 Å². The van der Waals surface area contributed by atoms with E-state index in [4.69, 9.17) is 24.1 Å². The fourth-order valence-electron chi connectivity index (χ4n) is 1.57. The molecular weight excluding hydrogens is 296 g/mol. The summed E-state index contributed by atoms with van der Waals surface area (Å²) in [4.78, 5) is 0. The molecule has 1 atom stereocenters. The topological polar surface area (TPSA) is 0 Å². The fourth-order valence-corrected chi connectivity index (χ4v) is 20.0. The van der Waals surface area contributed by atoms with Gasteiger partial charge in [-0.2, -0.15) is 0 Å². The molecule has 0 aliphatic carbocycles. The van der Waals surface area contributed by atoms with Crippen molar-refractivity contribution in [3.05, 3.63) is 0 Å². The van der Waals surface area contributed by atoms with Crippen molar-refractivity contribution >= 4 is 52.4 Å². The predicted octanol–water partition coefficient (Wildman–Crippen LogP) is 4.68. The van der Waals surface area contributed by atoms with Gasteiger partial charge in [-0.3, -0.25) is 0 Å². The molecule has 0 fully saturated rings. The molecule has 1 unspecified atom stereocenters. The minimum absolute atomic E-state index is 0.183. The molecule has 0 radical (unpaired) electrons. The Morgan fingerprint density at radius 1 is 1.27 bits per heavy atom. The third-order valence-corrected chi connectivity index (χ3v) is 17.0. The van der Waals surface area contributed by atoms with Gasteiger partial charge in [0.1, 0.15) is 0 Å². The van der Waals surface area contributed by atoms with Crippen LogP contribution in [-0.2, 0) is 11.8 Å². The van der Waals surface area contributed by atoms with Crippen LogP contribution < -0.4 is 0 Å². The molecular formula is C9H26P4S2. The molecule has 0 saturated carbocycles. The van der Waals surface area contributed by atoms with Crippen molar-refractivity contribution in [3.8, 4) is 0 Å². The van der Waals surface area contributed by atoms with Crippen LogP contribution in [0, 0.1) is 0 Å². The summed E-state index contributed by atoms with van der Waals surface area (Å²) < 4.78 is 0. The van der Waals surface area contributed by atoms with Gasteiger partial charge in [0, 0.05) is 0 Å². The summed E-state index contributed by atoms with van der Waals surface area (Å²) in [5.41, 5.74) is 0. The Morgan fingerprint density at radius 2 is 1.73 bits per heavy atom. The average Bonchev–Trinajstić information content (AvgIpc) is 1.73. The molecule has 0 aromatic rings. The van der Waals surface area contributed by atoms with Gasteiger partial charge in [0.2, 0.25) is 0 Å². The van der Waals surface area contributed by atoms with Gasteiger partial charge in [-0.1, -0.05) is 0 Å². The van der Waals surface area contributed by atoms with Gasteiger partial charge in [0.25, 0.3) is 0 Å². The SMILES string of the molecule is CP(C)CP(CP(C)(C)=S)C[PH](C)(C)S. The van der Waals surface area contributed by atoms with E-state index >= 15 is 0 Å². The van der Waals surface area contributed by atoms with Crippen LogP contribution in [0.1, 0.15) is 0 Å². The second kappa shape index (κ2) is 7.02. The number of thiol groups is 1. The van der Waals surface area contributed by atoms with Crippen molar-refractivity contribution in [3.63, 3.8) is 0 Å². The van der Waals surface area contributed by atoms with Gasteiger partial charge in [0.15, 0.2) is 0 Å². The van der Waals surface area contributed by atoms with E-state index in [0.717, 1.165) is 0 Å². The van der Waals surface area contributed by atoms with E-state index in [1.54, 1.807) is 0 Å². The van der Waals surface area contributed by atoms with E-state index in [2.05, 4.69) is 40.0 Å². The fraction of sp³-hybridized carbons (Fsp3) is 1.00. The molecule has 0 spiro atoms. The Balaban J connectivity index is 4.39. The Hall–Kier alpha value is 2.29. The zero-order valence-corrected chi connectivity index (χ0v) is 16.2. The first-order valence-electron chi connectivity index (χ1n) is 5.13. The summed E-state index contributed by atoms with van der Waals surface area (Å²) in [5.74, 6) is 4.23. The Bertz CT molecular complexity index is 229. The van der Waals surface area contributed by atoms with Crippen LogP contribution in [0.5, 0.6) is 0 Å². The monoisotopic (exact) mass is 322 g/mol. The Kier molecular flexibility index (Phi) is 8.09. The first-order chi connectivity index (χ1) is 6.49. The summed E-state index contributed by atoms with van der Waals surface area (Å²) in [6, 6.07) is -1.00. The molecule has 0 N–H and O–H groups in total. The second-order valence-electron chi connectivity index (χ2n) is 5.58. The molecule has 0 aromatic carbocycles. The standard InChI is InChI=1S/C9H26P4S2/c1-10(2)7-11(8-12(3,4)14)9-13(5,6)15/h12,14H,7-9H2,1-6H3. The van der Waals surface area contributed by atoms with Gasteiger partial charge in [-0.05, 0) is 0 Å². The van der Waals surface area contributed by atoms with Crippen molar-refractivity contribution in [2.45, 2.75) is 0 Å². The summed E-state index contributed by atoms with van der Waals surface area (Å²) in [5, 5.41) is 0. The summed E-state index contributed by atoms with van der Waals surface area (Å²) in [6.07, 6.45) is 0. The van der Waals surface area contributed by atoms with Crippen molar-refractivity contribution in [1.82, 2.24) is 0 Å². The van der Waals surface area contributed by atoms with Crippen LogP contribution in [0.15, 0.2) is 0 Å². The van der Waals surface area contributed by atoms with E-state index in [9.17, 15) is 0 Å². The van der Waals surface area contributed by atoms with E-state index in [1.807, 2.05) is 0 Å². The van der Waals surface area contributed by atoms with Crippen LogP contribution in [0.3, 0.4) is 0 Å². The first kappa shape index (κ1) is 17.3. The van der Waals surface area contributed by atoms with Crippen molar-refractivity contribution in [1.29, 1.82) is 0 Å². The first-order valence-corrected chi connectivity index (χ1v) is 17.8. The zero-order valence-electron chi connectivity index (χ0n) is 10.8. The third-order valence-electron chi connectivity index (χ3n) is 1.63. The molecule has 0 aromatic heterocycles. The number of hydrogen-bond acceptors (Lipinski definition) is 2. The molecule has 0 saturated heterocycles. The van der Waals surface area contributed by atoms with Crippen LogP contribution in [0.25, 0.3) is 0 Å². The number of hydrogen-bond donors (Lipinski definition) is 1. The van der Waals surface area contributed by atoms with Crippen LogP contribution in [0.4, 0.5) is 0 Å². The van der Waals surface area contributed by atoms with Crippen LogP contribution in [0.2, 0.25) is 0 Å². The summed E-state index contributed by atoms with van der Waals surface area (Å²) in [7, 11) is 0.426. The van der Waals surface area contributed by atoms with Crippen molar-refractivity contribution < 1.29 is 0 Å². The molecule has 94 valence electrons. The van der Waals surface area contributed by atoms with Gasteiger partial charge in [-0.25, -0.2) is 0 Å². The quantitative estimate of drug-likeness (QED) is 0.547. The maximum atomic E-state index is 5.63. The molecule has 0 nitrogen and oxygen atoms in total. The van der Waals surface area contributed by atoms with Gasteiger partial charge in [-0.15, -0.1) is 0 Å². The molecule has 0 aliphatic rings. The van der Waals surface area contributed by atoms with E-state index in [0.29, 0.717) is 0 Å². The molecule has 0 amide bonds. The Labute approximate surface area is 110 Å². The van der Waals surface area contributed by atoms with E-state index in [-0.39, 0.29) is 15.8 Å². The average molecular weight is 322 g/mol. The van der Waals surface area contributed by atoms with Crippen molar-refractivity contribution in [2.75, 3.05) is 57.7 Å². The molecule has 6 heteroatoms. The second-order valence-corrected chi connectivity index (χ2v) is 26.0.